The minimum Gasteiger partial charge on any atom is -0.387 e. The molecule has 0 bridgehead atoms. The summed E-state index contributed by atoms with van der Waals surface area (Å²) in [6, 6.07) is 2.13. The average Bonchev–Trinajstić information content (AvgIpc) is 2.80. The number of aliphatic hydroxyl groups excluding tert-OH is 1. The second-order valence-corrected chi connectivity index (χ2v) is 7.47. The molecule has 0 spiro atoms. The van der Waals surface area contributed by atoms with Crippen LogP contribution < -0.4 is 5.73 Å². The highest BCUT2D eigenvalue weighted by Gasteiger charge is 2.55. The molecule has 0 saturated heterocycles. The molecule has 0 aromatic carbocycles. The predicted octanol–water partition coefficient (Wildman–Crippen LogP) is 1.19. The van der Waals surface area contributed by atoms with Crippen molar-refractivity contribution in [3.05, 3.63) is 28.6 Å². The van der Waals surface area contributed by atoms with Crippen LogP contribution in [-0.2, 0) is 18.9 Å². The molecule has 122 valence electrons. The maximum Gasteiger partial charge on any atom is 0.267 e. The summed E-state index contributed by atoms with van der Waals surface area (Å²) in [5.74, 6) is -0.354. The van der Waals surface area contributed by atoms with Gasteiger partial charge in [-0.25, -0.2) is 0 Å². The number of fused-ring (bicyclic) bond motifs is 3. The van der Waals surface area contributed by atoms with Gasteiger partial charge in [-0.05, 0) is 24.2 Å². The van der Waals surface area contributed by atoms with E-state index in [9.17, 15) is 15.2 Å². The fraction of sp³-hybridized carbons (Fsp3) is 0.588. The molecule has 23 heavy (non-hydrogen) atoms. The van der Waals surface area contributed by atoms with Crippen LogP contribution in [0.2, 0.25) is 0 Å². The Morgan fingerprint density at radius 2 is 2.17 bits per heavy atom. The van der Waals surface area contributed by atoms with Crippen LogP contribution in [0.15, 0.2) is 11.6 Å². The molecular weight excluding hydrogens is 292 g/mol. The molecule has 1 aromatic rings. The van der Waals surface area contributed by atoms with Crippen molar-refractivity contribution in [2.24, 2.45) is 24.1 Å². The summed E-state index contributed by atoms with van der Waals surface area (Å²) in [5, 5.41) is 24.5. The highest BCUT2D eigenvalue weighted by atomic mass is 16.3. The Hall–Kier alpha value is -2.13. The standard InChI is InChI=1S/C17H22N4O2/c1-16(2)11-6-5-10-12(15(19)23)21(4)20-13(10)17(11,3)7-9(8-18)14(16)22/h7,11,14,22H,5-6H2,1-4H3,(H2,19,23)/t11-,14?,17-/m0/s1. The molecule has 6 heteroatoms. The van der Waals surface area contributed by atoms with Crippen molar-refractivity contribution in [2.45, 2.75) is 45.1 Å². The number of nitriles is 1. The van der Waals surface area contributed by atoms with E-state index in [4.69, 9.17) is 5.73 Å². The summed E-state index contributed by atoms with van der Waals surface area (Å²) < 4.78 is 1.54. The number of rotatable bonds is 1. The number of aliphatic hydroxyl groups is 1. The molecule has 1 unspecified atom stereocenters. The van der Waals surface area contributed by atoms with Gasteiger partial charge in [-0.15, -0.1) is 0 Å². The summed E-state index contributed by atoms with van der Waals surface area (Å²) in [6.07, 6.45) is 2.57. The third-order valence-corrected chi connectivity index (χ3v) is 5.78. The van der Waals surface area contributed by atoms with Gasteiger partial charge in [0, 0.05) is 18.0 Å². The Morgan fingerprint density at radius 3 is 2.74 bits per heavy atom. The lowest BCUT2D eigenvalue weighted by molar-refractivity contribution is -0.0102. The maximum atomic E-state index is 11.8. The Labute approximate surface area is 135 Å². The second-order valence-electron chi connectivity index (χ2n) is 7.47. The largest absolute Gasteiger partial charge is 0.387 e. The first-order valence-corrected chi connectivity index (χ1v) is 7.81. The second kappa shape index (κ2) is 4.68. The maximum absolute atomic E-state index is 11.8. The predicted molar refractivity (Wildman–Crippen MR) is 84.4 cm³/mol. The fourth-order valence-corrected chi connectivity index (χ4v) is 4.70. The van der Waals surface area contributed by atoms with Crippen LogP contribution in [0.4, 0.5) is 0 Å². The monoisotopic (exact) mass is 314 g/mol. The van der Waals surface area contributed by atoms with Gasteiger partial charge in [0.1, 0.15) is 5.69 Å². The number of nitrogens with two attached hydrogens (primary N) is 1. The van der Waals surface area contributed by atoms with Crippen LogP contribution in [0.25, 0.3) is 0 Å². The summed E-state index contributed by atoms with van der Waals surface area (Å²) in [7, 11) is 1.72. The molecule has 2 aliphatic rings. The van der Waals surface area contributed by atoms with Crippen LogP contribution in [0.1, 0.15) is 48.9 Å². The number of hydrogen-bond donors (Lipinski definition) is 2. The number of nitrogens with zero attached hydrogens (tertiary/aromatic N) is 3. The van der Waals surface area contributed by atoms with Crippen molar-refractivity contribution < 1.29 is 9.90 Å². The van der Waals surface area contributed by atoms with E-state index in [1.165, 1.54) is 0 Å². The smallest absolute Gasteiger partial charge is 0.267 e. The van der Waals surface area contributed by atoms with Crippen molar-refractivity contribution in [1.29, 1.82) is 5.26 Å². The first-order valence-electron chi connectivity index (χ1n) is 7.81. The van der Waals surface area contributed by atoms with E-state index in [1.54, 1.807) is 11.7 Å². The van der Waals surface area contributed by atoms with Gasteiger partial charge >= 0.3 is 0 Å². The number of aromatic nitrogens is 2. The number of primary amides is 1. The Morgan fingerprint density at radius 1 is 1.52 bits per heavy atom. The summed E-state index contributed by atoms with van der Waals surface area (Å²) in [6.45, 7) is 6.03. The van der Waals surface area contributed by atoms with Crippen molar-refractivity contribution in [1.82, 2.24) is 9.78 Å². The third-order valence-electron chi connectivity index (χ3n) is 5.78. The third kappa shape index (κ3) is 1.89. The zero-order valence-corrected chi connectivity index (χ0v) is 13.9. The van der Waals surface area contributed by atoms with E-state index in [-0.39, 0.29) is 5.92 Å². The molecule has 1 amide bonds. The van der Waals surface area contributed by atoms with Crippen LogP contribution in [-0.4, -0.2) is 26.9 Å². The highest BCUT2D eigenvalue weighted by molar-refractivity contribution is 5.93. The van der Waals surface area contributed by atoms with Gasteiger partial charge in [-0.1, -0.05) is 26.8 Å². The van der Waals surface area contributed by atoms with E-state index in [2.05, 4.69) is 11.2 Å². The number of allylic oxidation sites excluding steroid dienone is 1. The Bertz CT molecular complexity index is 768. The van der Waals surface area contributed by atoms with Gasteiger partial charge < -0.3 is 10.8 Å². The summed E-state index contributed by atoms with van der Waals surface area (Å²) >= 11 is 0. The molecule has 0 aliphatic heterocycles. The van der Waals surface area contributed by atoms with Gasteiger partial charge in [0.25, 0.3) is 5.91 Å². The van der Waals surface area contributed by atoms with Crippen molar-refractivity contribution >= 4 is 5.91 Å². The van der Waals surface area contributed by atoms with Crippen molar-refractivity contribution in [2.75, 3.05) is 0 Å². The zero-order valence-electron chi connectivity index (χ0n) is 13.9. The van der Waals surface area contributed by atoms with Crippen LogP contribution in [0, 0.1) is 22.7 Å². The molecular formula is C17H22N4O2. The zero-order chi connectivity index (χ0) is 17.2. The van der Waals surface area contributed by atoms with Crippen LogP contribution in [0.5, 0.6) is 0 Å². The lowest BCUT2D eigenvalue weighted by atomic mass is 9.52. The van der Waals surface area contributed by atoms with Gasteiger partial charge in [0.2, 0.25) is 0 Å². The first kappa shape index (κ1) is 15.8. The number of hydrogen-bond acceptors (Lipinski definition) is 4. The van der Waals surface area contributed by atoms with Crippen LogP contribution in [0.3, 0.4) is 0 Å². The molecule has 6 nitrogen and oxygen atoms in total. The summed E-state index contributed by atoms with van der Waals surface area (Å²) in [5.41, 5.74) is 7.06. The van der Waals surface area contributed by atoms with E-state index in [0.29, 0.717) is 17.7 Å². The molecule has 2 aliphatic carbocycles. The van der Waals surface area contributed by atoms with Crippen molar-refractivity contribution in [3.63, 3.8) is 0 Å². The Kier molecular flexibility index (Phi) is 3.21. The highest BCUT2D eigenvalue weighted by Crippen LogP contribution is 2.55. The van der Waals surface area contributed by atoms with Gasteiger partial charge in [-0.3, -0.25) is 9.48 Å². The molecule has 3 atom stereocenters. The molecule has 1 aromatic heterocycles. The average molecular weight is 314 g/mol. The minimum absolute atomic E-state index is 0.130. The minimum atomic E-state index is -0.786. The van der Waals surface area contributed by atoms with Gasteiger partial charge in [0.15, 0.2) is 0 Å². The molecule has 0 radical (unpaired) electrons. The molecule has 3 N–H and O–H groups in total. The summed E-state index contributed by atoms with van der Waals surface area (Å²) in [4.78, 5) is 11.8. The van der Waals surface area contributed by atoms with E-state index < -0.39 is 22.8 Å². The van der Waals surface area contributed by atoms with Crippen LogP contribution >= 0.6 is 0 Å². The van der Waals surface area contributed by atoms with Gasteiger partial charge in [-0.2, -0.15) is 10.4 Å². The molecule has 3 rings (SSSR count). The SMILES string of the molecule is Cn1nc2c(c1C(N)=O)CC[C@H]1C(C)(C)C(O)C(C#N)=C[C@]21C. The normalized spacial score (nSPS) is 31.6. The lowest BCUT2D eigenvalue weighted by Gasteiger charge is -2.52. The number of amides is 1. The number of aryl methyl sites for hydroxylation is 1. The molecule has 1 heterocycles. The quantitative estimate of drug-likeness (QED) is 0.812. The number of carbonyl (C=O) groups excluding carboxylic acids is 1. The van der Waals surface area contributed by atoms with E-state index in [0.717, 1.165) is 17.7 Å². The molecule has 0 fully saturated rings. The lowest BCUT2D eigenvalue weighted by Crippen LogP contribution is -2.53. The topological polar surface area (TPSA) is 105 Å². The van der Waals surface area contributed by atoms with E-state index >= 15 is 0 Å². The first-order chi connectivity index (χ1) is 10.6. The Balaban J connectivity index is 2.29. The molecule has 0 saturated carbocycles. The van der Waals surface area contributed by atoms with E-state index in [1.807, 2.05) is 26.8 Å². The van der Waals surface area contributed by atoms with Crippen molar-refractivity contribution in [3.8, 4) is 6.07 Å². The number of carbonyl (C=O) groups is 1. The van der Waals surface area contributed by atoms with Gasteiger partial charge in [0.05, 0.1) is 23.4 Å². The fourth-order valence-electron chi connectivity index (χ4n) is 4.70.